The van der Waals surface area contributed by atoms with E-state index in [0.717, 1.165) is 23.3 Å². The molecule has 21 heavy (non-hydrogen) atoms. The lowest BCUT2D eigenvalue weighted by atomic mass is 9.98. The van der Waals surface area contributed by atoms with Crippen LogP contribution in [0.1, 0.15) is 34.7 Å². The molecular formula is C17H18F3N. The minimum Gasteiger partial charge on any atom is -0.324 e. The second kappa shape index (κ2) is 6.31. The Hall–Kier alpha value is -1.81. The van der Waals surface area contributed by atoms with Gasteiger partial charge in [-0.15, -0.1) is 0 Å². The molecule has 1 nitrogen and oxygen atoms in total. The molecule has 0 radical (unpaired) electrons. The number of rotatable bonds is 4. The fraction of sp³-hybridized carbons (Fsp3) is 0.294. The Labute approximate surface area is 122 Å². The molecule has 0 amide bonds. The van der Waals surface area contributed by atoms with Crippen molar-refractivity contribution in [3.05, 3.63) is 70.8 Å². The molecule has 0 bridgehead atoms. The first-order chi connectivity index (χ1) is 9.86. The van der Waals surface area contributed by atoms with Gasteiger partial charge in [0.25, 0.3) is 0 Å². The van der Waals surface area contributed by atoms with Crippen molar-refractivity contribution in [2.45, 2.75) is 32.0 Å². The molecule has 2 rings (SSSR count). The minimum atomic E-state index is -4.28. The highest BCUT2D eigenvalue weighted by Gasteiger charge is 2.29. The van der Waals surface area contributed by atoms with Crippen LogP contribution in [0.4, 0.5) is 13.2 Å². The number of benzene rings is 2. The standard InChI is InChI=1S/C17H18F3N/c1-12-2-7-14(8-3-12)16(21)11-6-13-4-9-15(10-5-13)17(18,19)20/h2-5,7-10,16H,6,11,21H2,1H3. The Morgan fingerprint density at radius 3 is 2.05 bits per heavy atom. The second-order valence-electron chi connectivity index (χ2n) is 5.25. The summed E-state index contributed by atoms with van der Waals surface area (Å²) in [7, 11) is 0. The van der Waals surface area contributed by atoms with Crippen LogP contribution in [0.25, 0.3) is 0 Å². The number of hydrogen-bond acceptors (Lipinski definition) is 1. The maximum Gasteiger partial charge on any atom is 0.416 e. The van der Waals surface area contributed by atoms with Gasteiger partial charge in [0.05, 0.1) is 5.56 Å². The van der Waals surface area contributed by atoms with E-state index >= 15 is 0 Å². The first kappa shape index (κ1) is 15.6. The van der Waals surface area contributed by atoms with Gasteiger partial charge in [0, 0.05) is 6.04 Å². The lowest BCUT2D eigenvalue weighted by Crippen LogP contribution is -2.11. The van der Waals surface area contributed by atoms with E-state index in [2.05, 4.69) is 0 Å². The second-order valence-corrected chi connectivity index (χ2v) is 5.25. The summed E-state index contributed by atoms with van der Waals surface area (Å²) in [6.45, 7) is 2.01. The Morgan fingerprint density at radius 2 is 1.52 bits per heavy atom. The molecule has 0 aromatic heterocycles. The topological polar surface area (TPSA) is 26.0 Å². The van der Waals surface area contributed by atoms with E-state index in [9.17, 15) is 13.2 Å². The molecule has 2 aromatic rings. The highest BCUT2D eigenvalue weighted by molar-refractivity contribution is 5.26. The highest BCUT2D eigenvalue weighted by atomic mass is 19.4. The van der Waals surface area contributed by atoms with E-state index in [1.807, 2.05) is 31.2 Å². The van der Waals surface area contributed by atoms with Crippen molar-refractivity contribution >= 4 is 0 Å². The van der Waals surface area contributed by atoms with Crippen molar-refractivity contribution in [3.63, 3.8) is 0 Å². The molecule has 0 aliphatic heterocycles. The van der Waals surface area contributed by atoms with Gasteiger partial charge < -0.3 is 5.73 Å². The lowest BCUT2D eigenvalue weighted by molar-refractivity contribution is -0.137. The van der Waals surface area contributed by atoms with E-state index < -0.39 is 11.7 Å². The molecule has 1 unspecified atom stereocenters. The average Bonchev–Trinajstić information content (AvgIpc) is 2.45. The largest absolute Gasteiger partial charge is 0.416 e. The van der Waals surface area contributed by atoms with Gasteiger partial charge in [-0.3, -0.25) is 0 Å². The van der Waals surface area contributed by atoms with Crippen LogP contribution in [-0.2, 0) is 12.6 Å². The molecule has 0 spiro atoms. The van der Waals surface area contributed by atoms with E-state index in [1.165, 1.54) is 17.7 Å². The monoisotopic (exact) mass is 293 g/mol. The number of hydrogen-bond donors (Lipinski definition) is 1. The van der Waals surface area contributed by atoms with Crippen LogP contribution in [0.15, 0.2) is 48.5 Å². The van der Waals surface area contributed by atoms with Crippen LogP contribution in [0.3, 0.4) is 0 Å². The van der Waals surface area contributed by atoms with Crippen LogP contribution >= 0.6 is 0 Å². The summed E-state index contributed by atoms with van der Waals surface area (Å²) in [6.07, 6.45) is -2.92. The number of nitrogens with two attached hydrogens (primary N) is 1. The smallest absolute Gasteiger partial charge is 0.324 e. The summed E-state index contributed by atoms with van der Waals surface area (Å²) in [4.78, 5) is 0. The molecule has 4 heteroatoms. The van der Waals surface area contributed by atoms with E-state index in [0.29, 0.717) is 12.8 Å². The van der Waals surface area contributed by atoms with Crippen LogP contribution in [0.2, 0.25) is 0 Å². The maximum absolute atomic E-state index is 12.5. The van der Waals surface area contributed by atoms with Crippen molar-refractivity contribution in [2.24, 2.45) is 5.73 Å². The van der Waals surface area contributed by atoms with Crippen LogP contribution in [0.5, 0.6) is 0 Å². The minimum absolute atomic E-state index is 0.104. The lowest BCUT2D eigenvalue weighted by Gasteiger charge is -2.13. The Balaban J connectivity index is 1.95. The zero-order valence-corrected chi connectivity index (χ0v) is 11.8. The molecular weight excluding hydrogens is 275 g/mol. The summed E-state index contributed by atoms with van der Waals surface area (Å²) < 4.78 is 37.4. The van der Waals surface area contributed by atoms with E-state index in [4.69, 9.17) is 5.73 Å². The van der Waals surface area contributed by atoms with Gasteiger partial charge in [-0.1, -0.05) is 42.0 Å². The molecule has 0 heterocycles. The molecule has 0 saturated heterocycles. The van der Waals surface area contributed by atoms with Gasteiger partial charge >= 0.3 is 6.18 Å². The fourth-order valence-electron chi connectivity index (χ4n) is 2.16. The molecule has 0 saturated carbocycles. The van der Waals surface area contributed by atoms with Crippen LogP contribution in [0, 0.1) is 6.92 Å². The van der Waals surface area contributed by atoms with E-state index in [1.54, 1.807) is 0 Å². The van der Waals surface area contributed by atoms with Crippen molar-refractivity contribution < 1.29 is 13.2 Å². The van der Waals surface area contributed by atoms with Gasteiger partial charge in [-0.25, -0.2) is 0 Å². The third kappa shape index (κ3) is 4.33. The Morgan fingerprint density at radius 1 is 0.952 bits per heavy atom. The Kier molecular flexibility index (Phi) is 4.68. The number of halogens is 3. The molecule has 1 atom stereocenters. The quantitative estimate of drug-likeness (QED) is 0.872. The third-order valence-corrected chi connectivity index (χ3v) is 3.53. The highest BCUT2D eigenvalue weighted by Crippen LogP contribution is 2.29. The summed E-state index contributed by atoms with van der Waals surface area (Å²) in [5.74, 6) is 0. The van der Waals surface area contributed by atoms with Gasteiger partial charge in [0.1, 0.15) is 0 Å². The van der Waals surface area contributed by atoms with E-state index in [-0.39, 0.29) is 6.04 Å². The maximum atomic E-state index is 12.5. The summed E-state index contributed by atoms with van der Waals surface area (Å²) in [5, 5.41) is 0. The van der Waals surface area contributed by atoms with Gasteiger partial charge in [0.2, 0.25) is 0 Å². The van der Waals surface area contributed by atoms with Crippen molar-refractivity contribution in [3.8, 4) is 0 Å². The fourth-order valence-corrected chi connectivity index (χ4v) is 2.16. The summed E-state index contributed by atoms with van der Waals surface area (Å²) >= 11 is 0. The number of alkyl halides is 3. The van der Waals surface area contributed by atoms with Crippen LogP contribution in [-0.4, -0.2) is 0 Å². The Bertz CT molecular complexity index is 570. The zero-order chi connectivity index (χ0) is 15.5. The molecule has 2 N–H and O–H groups in total. The summed E-state index contributed by atoms with van der Waals surface area (Å²) in [6, 6.07) is 13.2. The molecule has 0 aliphatic rings. The molecule has 0 fully saturated rings. The normalized spacial score (nSPS) is 13.2. The molecule has 2 aromatic carbocycles. The van der Waals surface area contributed by atoms with Crippen molar-refractivity contribution in [1.82, 2.24) is 0 Å². The summed E-state index contributed by atoms with van der Waals surface area (Å²) in [5.41, 5.74) is 8.59. The average molecular weight is 293 g/mol. The van der Waals surface area contributed by atoms with Gasteiger partial charge in [-0.05, 0) is 43.0 Å². The molecule has 0 aliphatic carbocycles. The zero-order valence-electron chi connectivity index (χ0n) is 11.8. The first-order valence-corrected chi connectivity index (χ1v) is 6.84. The van der Waals surface area contributed by atoms with Gasteiger partial charge in [-0.2, -0.15) is 13.2 Å². The van der Waals surface area contributed by atoms with Gasteiger partial charge in [0.15, 0.2) is 0 Å². The SMILES string of the molecule is Cc1ccc(C(N)CCc2ccc(C(F)(F)F)cc2)cc1. The predicted molar refractivity (Wildman–Crippen MR) is 77.9 cm³/mol. The first-order valence-electron chi connectivity index (χ1n) is 6.84. The predicted octanol–water partition coefficient (Wildman–Crippen LogP) is 4.65. The third-order valence-electron chi connectivity index (χ3n) is 3.53. The van der Waals surface area contributed by atoms with Crippen molar-refractivity contribution in [2.75, 3.05) is 0 Å². The number of aryl methyl sites for hydroxylation is 2. The molecule has 112 valence electrons. The van der Waals surface area contributed by atoms with Crippen LogP contribution < -0.4 is 5.73 Å². The van der Waals surface area contributed by atoms with Crippen molar-refractivity contribution in [1.29, 1.82) is 0 Å².